The van der Waals surface area contributed by atoms with Crippen molar-refractivity contribution in [2.45, 2.75) is 0 Å². The van der Waals surface area contributed by atoms with Crippen LogP contribution in [-0.2, 0) is 0 Å². The van der Waals surface area contributed by atoms with E-state index in [1.807, 2.05) is 0 Å². The molecule has 26 heavy (non-hydrogen) atoms. The Labute approximate surface area is 154 Å². The van der Waals surface area contributed by atoms with Crippen molar-refractivity contribution >= 4 is 34.6 Å². The number of carbonyl (C=O) groups excluding carboxylic acids is 1. The molecule has 0 aliphatic carbocycles. The Morgan fingerprint density at radius 1 is 1.12 bits per heavy atom. The van der Waals surface area contributed by atoms with Gasteiger partial charge in [0.1, 0.15) is 22.8 Å². The SMILES string of the molecule is COc1cc(NC(=O)c2ccccn2)ccc1/N=N\c1ccncc1Cl. The third-order valence-electron chi connectivity index (χ3n) is 3.35. The van der Waals surface area contributed by atoms with Crippen molar-refractivity contribution in [3.05, 3.63) is 71.8 Å². The van der Waals surface area contributed by atoms with Crippen molar-refractivity contribution in [1.82, 2.24) is 9.97 Å². The maximum atomic E-state index is 12.2. The van der Waals surface area contributed by atoms with Crippen LogP contribution in [0.4, 0.5) is 17.1 Å². The topological polar surface area (TPSA) is 88.8 Å². The Bertz CT molecular complexity index is 947. The fraction of sp³-hybridized carbons (Fsp3) is 0.0556. The van der Waals surface area contributed by atoms with Gasteiger partial charge < -0.3 is 10.1 Å². The van der Waals surface area contributed by atoms with Gasteiger partial charge in [0.05, 0.1) is 12.1 Å². The number of nitrogens with one attached hydrogen (secondary N) is 1. The number of pyridine rings is 2. The molecule has 3 rings (SSSR count). The average Bonchev–Trinajstić information content (AvgIpc) is 2.68. The zero-order chi connectivity index (χ0) is 18.4. The highest BCUT2D eigenvalue weighted by atomic mass is 35.5. The molecule has 0 saturated carbocycles. The van der Waals surface area contributed by atoms with E-state index in [1.54, 1.807) is 54.9 Å². The molecule has 0 unspecified atom stereocenters. The molecule has 0 aliphatic heterocycles. The van der Waals surface area contributed by atoms with E-state index in [9.17, 15) is 4.79 Å². The van der Waals surface area contributed by atoms with Crippen molar-refractivity contribution < 1.29 is 9.53 Å². The number of carbonyl (C=O) groups is 1. The van der Waals surface area contributed by atoms with E-state index >= 15 is 0 Å². The van der Waals surface area contributed by atoms with Crippen LogP contribution in [0.5, 0.6) is 5.75 Å². The van der Waals surface area contributed by atoms with Gasteiger partial charge in [-0.3, -0.25) is 14.8 Å². The maximum Gasteiger partial charge on any atom is 0.274 e. The van der Waals surface area contributed by atoms with Gasteiger partial charge in [-0.1, -0.05) is 17.7 Å². The van der Waals surface area contributed by atoms with Crippen molar-refractivity contribution in [3.63, 3.8) is 0 Å². The number of anilines is 1. The molecule has 0 saturated heterocycles. The van der Waals surface area contributed by atoms with Crippen molar-refractivity contribution in [2.75, 3.05) is 12.4 Å². The Hall–Kier alpha value is -3.32. The summed E-state index contributed by atoms with van der Waals surface area (Å²) >= 11 is 6.00. The van der Waals surface area contributed by atoms with Crippen LogP contribution in [0.3, 0.4) is 0 Å². The summed E-state index contributed by atoms with van der Waals surface area (Å²) in [7, 11) is 1.51. The van der Waals surface area contributed by atoms with Crippen molar-refractivity contribution in [2.24, 2.45) is 10.2 Å². The van der Waals surface area contributed by atoms with Crippen LogP contribution in [0.2, 0.25) is 5.02 Å². The Kier molecular flexibility index (Phi) is 5.50. The number of nitrogens with zero attached hydrogens (tertiary/aromatic N) is 4. The second-order valence-corrected chi connectivity index (χ2v) is 5.49. The third kappa shape index (κ3) is 4.20. The fourth-order valence-corrected chi connectivity index (χ4v) is 2.24. The van der Waals surface area contributed by atoms with Crippen molar-refractivity contribution in [1.29, 1.82) is 0 Å². The largest absolute Gasteiger partial charge is 0.494 e. The molecule has 3 aromatic rings. The Morgan fingerprint density at radius 2 is 1.96 bits per heavy atom. The Balaban J connectivity index is 1.80. The molecule has 0 spiro atoms. The van der Waals surface area contributed by atoms with Gasteiger partial charge in [0.15, 0.2) is 0 Å². The summed E-state index contributed by atoms with van der Waals surface area (Å²) in [6.45, 7) is 0. The number of halogens is 1. The number of ether oxygens (including phenoxy) is 1. The van der Waals surface area contributed by atoms with Gasteiger partial charge in [-0.25, -0.2) is 0 Å². The molecule has 7 nitrogen and oxygen atoms in total. The highest BCUT2D eigenvalue weighted by molar-refractivity contribution is 6.32. The average molecular weight is 368 g/mol. The number of methoxy groups -OCH3 is 1. The lowest BCUT2D eigenvalue weighted by molar-refractivity contribution is 0.102. The number of hydrogen-bond donors (Lipinski definition) is 1. The van der Waals surface area contributed by atoms with Crippen LogP contribution in [0, 0.1) is 0 Å². The number of azo groups is 1. The lowest BCUT2D eigenvalue weighted by Gasteiger charge is -2.08. The lowest BCUT2D eigenvalue weighted by Crippen LogP contribution is -2.13. The monoisotopic (exact) mass is 367 g/mol. The molecule has 0 bridgehead atoms. The zero-order valence-corrected chi connectivity index (χ0v) is 14.5. The molecule has 130 valence electrons. The van der Waals surface area contributed by atoms with Gasteiger partial charge in [0, 0.05) is 30.3 Å². The quantitative estimate of drug-likeness (QED) is 0.655. The summed E-state index contributed by atoms with van der Waals surface area (Å²) in [5.74, 6) is 0.142. The third-order valence-corrected chi connectivity index (χ3v) is 3.64. The first-order valence-electron chi connectivity index (χ1n) is 7.59. The summed E-state index contributed by atoms with van der Waals surface area (Å²) in [5.41, 5.74) is 1.87. The predicted octanol–water partition coefficient (Wildman–Crippen LogP) is 4.81. The molecule has 2 heterocycles. The Morgan fingerprint density at radius 3 is 2.69 bits per heavy atom. The molecular formula is C18H14ClN5O2. The first kappa shape index (κ1) is 17.5. The van der Waals surface area contributed by atoms with E-state index in [0.717, 1.165) is 0 Å². The van der Waals surface area contributed by atoms with Gasteiger partial charge >= 0.3 is 0 Å². The molecule has 8 heteroatoms. The minimum absolute atomic E-state index is 0.314. The van der Waals surface area contributed by atoms with Crippen LogP contribution in [0.1, 0.15) is 10.5 Å². The van der Waals surface area contributed by atoms with Crippen LogP contribution < -0.4 is 10.1 Å². The molecule has 0 atom stereocenters. The number of benzene rings is 1. The summed E-state index contributed by atoms with van der Waals surface area (Å²) in [6.07, 6.45) is 4.63. The molecule has 0 fully saturated rings. The maximum absolute atomic E-state index is 12.2. The zero-order valence-electron chi connectivity index (χ0n) is 13.8. The second-order valence-electron chi connectivity index (χ2n) is 5.08. The van der Waals surface area contributed by atoms with Crippen LogP contribution >= 0.6 is 11.6 Å². The van der Waals surface area contributed by atoms with Crippen LogP contribution in [0.15, 0.2) is 71.3 Å². The van der Waals surface area contributed by atoms with Gasteiger partial charge in [0.25, 0.3) is 5.91 Å². The molecule has 1 N–H and O–H groups in total. The molecule has 1 aromatic carbocycles. The van der Waals surface area contributed by atoms with Crippen molar-refractivity contribution in [3.8, 4) is 5.75 Å². The summed E-state index contributed by atoms with van der Waals surface area (Å²) in [6, 6.07) is 11.8. The normalized spacial score (nSPS) is 10.7. The summed E-state index contributed by atoms with van der Waals surface area (Å²) in [4.78, 5) is 20.1. The highest BCUT2D eigenvalue weighted by Gasteiger charge is 2.09. The molecular weight excluding hydrogens is 354 g/mol. The first-order chi connectivity index (χ1) is 12.7. The highest BCUT2D eigenvalue weighted by Crippen LogP contribution is 2.33. The summed E-state index contributed by atoms with van der Waals surface area (Å²) in [5, 5.41) is 11.4. The van der Waals surface area contributed by atoms with Gasteiger partial charge in [0.2, 0.25) is 0 Å². The first-order valence-corrected chi connectivity index (χ1v) is 7.97. The number of amides is 1. The number of hydrogen-bond acceptors (Lipinski definition) is 6. The van der Waals surface area contributed by atoms with E-state index in [0.29, 0.717) is 33.5 Å². The number of aromatic nitrogens is 2. The molecule has 0 aliphatic rings. The minimum Gasteiger partial charge on any atom is -0.494 e. The van der Waals surface area contributed by atoms with E-state index in [4.69, 9.17) is 16.3 Å². The predicted molar refractivity (Wildman–Crippen MR) is 98.6 cm³/mol. The van der Waals surface area contributed by atoms with Gasteiger partial charge in [-0.05, 0) is 30.3 Å². The van der Waals surface area contributed by atoms with Gasteiger partial charge in [-0.15, -0.1) is 10.2 Å². The number of rotatable bonds is 5. The second kappa shape index (κ2) is 8.17. The minimum atomic E-state index is -0.314. The summed E-state index contributed by atoms with van der Waals surface area (Å²) < 4.78 is 5.33. The molecule has 0 radical (unpaired) electrons. The lowest BCUT2D eigenvalue weighted by atomic mass is 10.2. The standard InChI is InChI=1S/C18H14ClN5O2/c1-26-17-10-12(22-18(25)16-4-2-3-8-21-16)5-6-15(17)24-23-14-7-9-20-11-13(14)19/h2-11H,1H3,(H,22,25)/b24-23-. The molecule has 1 amide bonds. The van der Waals surface area contributed by atoms with Crippen LogP contribution in [-0.4, -0.2) is 23.0 Å². The van der Waals surface area contributed by atoms with Gasteiger partial charge in [-0.2, -0.15) is 0 Å². The molecule has 2 aromatic heterocycles. The van der Waals surface area contributed by atoms with Crippen LogP contribution in [0.25, 0.3) is 0 Å². The fourth-order valence-electron chi connectivity index (χ4n) is 2.09. The van der Waals surface area contributed by atoms with E-state index in [2.05, 4.69) is 25.5 Å². The van der Waals surface area contributed by atoms with E-state index in [-0.39, 0.29) is 5.91 Å². The smallest absolute Gasteiger partial charge is 0.274 e. The van der Waals surface area contributed by atoms with E-state index in [1.165, 1.54) is 13.3 Å². The van der Waals surface area contributed by atoms with E-state index < -0.39 is 0 Å².